The van der Waals surface area contributed by atoms with Crippen LogP contribution in [0.5, 0.6) is 11.5 Å². The molecule has 8 heteroatoms. The second-order valence-corrected chi connectivity index (χ2v) is 10.0. The minimum absolute atomic E-state index is 0.336. The zero-order valence-electron chi connectivity index (χ0n) is 21.0. The lowest BCUT2D eigenvalue weighted by molar-refractivity contribution is 0.397. The van der Waals surface area contributed by atoms with Gasteiger partial charge in [0.05, 0.1) is 41.7 Å². The average molecular weight is 512 g/mol. The van der Waals surface area contributed by atoms with E-state index in [2.05, 4.69) is 24.0 Å². The molecule has 5 aromatic rings. The van der Waals surface area contributed by atoms with Crippen molar-refractivity contribution >= 4 is 21.6 Å². The Balaban J connectivity index is 1.73. The van der Waals surface area contributed by atoms with Gasteiger partial charge >= 0.3 is 0 Å². The van der Waals surface area contributed by atoms with E-state index < -0.39 is 6.04 Å². The molecule has 0 radical (unpaired) electrons. The van der Waals surface area contributed by atoms with Gasteiger partial charge in [0.2, 0.25) is 0 Å². The highest BCUT2D eigenvalue weighted by Gasteiger charge is 2.27. The number of nitrogens with zero attached hydrogens (tertiary/aromatic N) is 3. The maximum atomic E-state index is 6.84. The topological polar surface area (TPSA) is 109 Å². The van der Waals surface area contributed by atoms with Crippen LogP contribution >= 0.6 is 11.3 Å². The van der Waals surface area contributed by atoms with Crippen LogP contribution in [0.3, 0.4) is 0 Å². The summed E-state index contributed by atoms with van der Waals surface area (Å²) < 4.78 is 12.4. The standard InChI is InChI=1S/C29H29N5O2S/c1-17-23(24-21(35-2)10-7-11-22(24)36-3)26-28(37-17)27(34-29(33-26)19-12-14-32-15-13-19)25(31)20(30)16-18-8-5-4-6-9-18/h4-15,20,25H,16,30-31H2,1-3H3. The van der Waals surface area contributed by atoms with E-state index in [0.29, 0.717) is 23.7 Å². The minimum Gasteiger partial charge on any atom is -0.496 e. The summed E-state index contributed by atoms with van der Waals surface area (Å²) in [5, 5.41) is 0. The Bertz CT molecular complexity index is 1500. The maximum Gasteiger partial charge on any atom is 0.160 e. The van der Waals surface area contributed by atoms with Crippen molar-refractivity contribution in [3.05, 3.63) is 89.2 Å². The SMILES string of the molecule is COc1cccc(OC)c1-c1c(C)sc2c(C(N)C(N)Cc3ccccc3)nc(-c3ccncc3)nc12. The Hall–Kier alpha value is -3.85. The van der Waals surface area contributed by atoms with Crippen molar-refractivity contribution in [2.24, 2.45) is 11.5 Å². The van der Waals surface area contributed by atoms with Crippen LogP contribution in [-0.4, -0.2) is 35.2 Å². The average Bonchev–Trinajstić information content (AvgIpc) is 3.27. The third-order valence-electron chi connectivity index (χ3n) is 6.44. The number of ether oxygens (including phenoxy) is 2. The zero-order chi connectivity index (χ0) is 25.9. The van der Waals surface area contributed by atoms with Gasteiger partial charge in [0.15, 0.2) is 5.82 Å². The lowest BCUT2D eigenvalue weighted by Crippen LogP contribution is -2.36. The van der Waals surface area contributed by atoms with E-state index in [1.165, 1.54) is 0 Å². The molecule has 0 saturated carbocycles. The molecule has 3 heterocycles. The summed E-state index contributed by atoms with van der Waals surface area (Å²) in [6.45, 7) is 2.07. The highest BCUT2D eigenvalue weighted by atomic mass is 32.1. The summed E-state index contributed by atoms with van der Waals surface area (Å²) in [7, 11) is 3.31. The van der Waals surface area contributed by atoms with E-state index in [9.17, 15) is 0 Å². The smallest absolute Gasteiger partial charge is 0.160 e. The van der Waals surface area contributed by atoms with Crippen LogP contribution in [-0.2, 0) is 6.42 Å². The van der Waals surface area contributed by atoms with Gasteiger partial charge in [-0.2, -0.15) is 0 Å². The summed E-state index contributed by atoms with van der Waals surface area (Å²) in [6, 6.07) is 18.8. The predicted octanol–water partition coefficient (Wildman–Crippen LogP) is 5.32. The third kappa shape index (κ3) is 4.79. The summed E-state index contributed by atoms with van der Waals surface area (Å²) in [5.74, 6) is 1.98. The zero-order valence-corrected chi connectivity index (χ0v) is 21.8. The molecule has 0 aliphatic carbocycles. The van der Waals surface area contributed by atoms with Crippen LogP contribution in [0.2, 0.25) is 0 Å². The first kappa shape index (κ1) is 24.8. The number of aryl methyl sites for hydroxylation is 1. The van der Waals surface area contributed by atoms with E-state index in [4.69, 9.17) is 30.9 Å². The van der Waals surface area contributed by atoms with Crippen LogP contribution in [0.1, 0.15) is 22.2 Å². The molecule has 0 spiro atoms. The fourth-order valence-corrected chi connectivity index (χ4v) is 5.71. The number of nitrogens with two attached hydrogens (primary N) is 2. The number of fused-ring (bicyclic) bond motifs is 1. The Labute approximate surface area is 220 Å². The molecule has 2 aromatic carbocycles. The number of aromatic nitrogens is 3. The van der Waals surface area contributed by atoms with Crippen molar-refractivity contribution in [2.45, 2.75) is 25.4 Å². The van der Waals surface area contributed by atoms with Crippen molar-refractivity contribution in [1.29, 1.82) is 0 Å². The molecule has 0 aliphatic heterocycles. The molecular formula is C29H29N5O2S. The molecule has 0 fully saturated rings. The highest BCUT2D eigenvalue weighted by Crippen LogP contribution is 2.47. The number of hydrogen-bond acceptors (Lipinski definition) is 8. The lowest BCUT2D eigenvalue weighted by atomic mass is 9.97. The molecule has 2 unspecified atom stereocenters. The predicted molar refractivity (Wildman–Crippen MR) is 149 cm³/mol. The molecular weight excluding hydrogens is 482 g/mol. The molecule has 188 valence electrons. The quantitative estimate of drug-likeness (QED) is 0.290. The molecule has 0 amide bonds. The summed E-state index contributed by atoms with van der Waals surface area (Å²) >= 11 is 1.61. The number of benzene rings is 2. The molecule has 3 aromatic heterocycles. The molecule has 0 saturated heterocycles. The number of rotatable bonds is 8. The fraction of sp³-hybridized carbons (Fsp3) is 0.207. The Morgan fingerprint density at radius 2 is 1.51 bits per heavy atom. The first-order chi connectivity index (χ1) is 18.0. The maximum absolute atomic E-state index is 6.84. The number of thiophene rings is 1. The van der Waals surface area contributed by atoms with Crippen molar-refractivity contribution in [1.82, 2.24) is 15.0 Å². The van der Waals surface area contributed by atoms with E-state index in [1.807, 2.05) is 48.5 Å². The van der Waals surface area contributed by atoms with Gasteiger partial charge in [0.1, 0.15) is 11.5 Å². The summed E-state index contributed by atoms with van der Waals surface area (Å²) in [6.07, 6.45) is 4.09. The van der Waals surface area contributed by atoms with Gasteiger partial charge in [0.25, 0.3) is 0 Å². The normalized spacial score (nSPS) is 12.9. The molecule has 4 N–H and O–H groups in total. The van der Waals surface area contributed by atoms with E-state index in [-0.39, 0.29) is 6.04 Å². The Kier molecular flexibility index (Phi) is 7.14. The second-order valence-electron chi connectivity index (χ2n) is 8.80. The first-order valence-electron chi connectivity index (χ1n) is 12.0. The van der Waals surface area contributed by atoms with Gasteiger partial charge in [0, 0.05) is 34.4 Å². The summed E-state index contributed by atoms with van der Waals surface area (Å²) in [4.78, 5) is 15.2. The molecule has 0 bridgehead atoms. The third-order valence-corrected chi connectivity index (χ3v) is 7.56. The lowest BCUT2D eigenvalue weighted by Gasteiger charge is -2.21. The molecule has 2 atom stereocenters. The van der Waals surface area contributed by atoms with Gasteiger partial charge in [-0.15, -0.1) is 11.3 Å². The van der Waals surface area contributed by atoms with Crippen LogP contribution in [0.4, 0.5) is 0 Å². The largest absolute Gasteiger partial charge is 0.496 e. The van der Waals surface area contributed by atoms with Crippen molar-refractivity contribution in [3.8, 4) is 34.0 Å². The van der Waals surface area contributed by atoms with E-state index in [0.717, 1.165) is 43.0 Å². The number of methoxy groups -OCH3 is 2. The van der Waals surface area contributed by atoms with Crippen molar-refractivity contribution in [3.63, 3.8) is 0 Å². The van der Waals surface area contributed by atoms with Crippen molar-refractivity contribution in [2.75, 3.05) is 14.2 Å². The highest BCUT2D eigenvalue weighted by molar-refractivity contribution is 7.19. The fourth-order valence-electron chi connectivity index (χ4n) is 4.57. The second kappa shape index (κ2) is 10.6. The van der Waals surface area contributed by atoms with Crippen LogP contribution < -0.4 is 20.9 Å². The van der Waals surface area contributed by atoms with E-state index in [1.54, 1.807) is 38.0 Å². The molecule has 7 nitrogen and oxygen atoms in total. The van der Waals surface area contributed by atoms with Crippen LogP contribution in [0.15, 0.2) is 73.1 Å². The Morgan fingerprint density at radius 3 is 2.16 bits per heavy atom. The summed E-state index contributed by atoms with van der Waals surface area (Å²) in [5.41, 5.74) is 18.8. The first-order valence-corrected chi connectivity index (χ1v) is 12.8. The van der Waals surface area contributed by atoms with Crippen LogP contribution in [0, 0.1) is 6.92 Å². The minimum atomic E-state index is -0.503. The van der Waals surface area contributed by atoms with Crippen molar-refractivity contribution < 1.29 is 9.47 Å². The van der Waals surface area contributed by atoms with Gasteiger partial charge in [-0.25, -0.2) is 9.97 Å². The number of pyridine rings is 1. The van der Waals surface area contributed by atoms with Gasteiger partial charge < -0.3 is 20.9 Å². The Morgan fingerprint density at radius 1 is 0.838 bits per heavy atom. The molecule has 0 aliphatic rings. The van der Waals surface area contributed by atoms with Gasteiger partial charge in [-0.05, 0) is 43.2 Å². The van der Waals surface area contributed by atoms with Gasteiger partial charge in [-0.1, -0.05) is 36.4 Å². The van der Waals surface area contributed by atoms with Crippen LogP contribution in [0.25, 0.3) is 32.7 Å². The molecule has 37 heavy (non-hydrogen) atoms. The van der Waals surface area contributed by atoms with Gasteiger partial charge in [-0.3, -0.25) is 4.98 Å². The molecule has 5 rings (SSSR count). The number of hydrogen-bond donors (Lipinski definition) is 2. The van der Waals surface area contributed by atoms with E-state index >= 15 is 0 Å². The monoisotopic (exact) mass is 511 g/mol.